The summed E-state index contributed by atoms with van der Waals surface area (Å²) in [7, 11) is 2.85. The lowest BCUT2D eigenvalue weighted by Crippen LogP contribution is -2.55. The normalized spacial score (nSPS) is 21.8. The number of likely N-dealkylation sites (tertiary alicyclic amines) is 1. The number of hydrogen-bond donors (Lipinski definition) is 3. The van der Waals surface area contributed by atoms with Gasteiger partial charge in [0.15, 0.2) is 0 Å². The first-order valence-corrected chi connectivity index (χ1v) is 19.4. The number of nitrogens with one attached hydrogen (secondary N) is 2. The van der Waals surface area contributed by atoms with E-state index in [1.807, 2.05) is 60.7 Å². The van der Waals surface area contributed by atoms with Crippen LogP contribution >= 0.6 is 0 Å². The molecule has 4 amide bonds. The summed E-state index contributed by atoms with van der Waals surface area (Å²) < 4.78 is 15.1. The molecule has 0 radical (unpaired) electrons. The molecule has 314 valence electrons. The minimum atomic E-state index is -1.24. The van der Waals surface area contributed by atoms with Crippen LogP contribution in [-0.2, 0) is 39.0 Å². The van der Waals surface area contributed by atoms with E-state index < -0.39 is 46.6 Å². The highest BCUT2D eigenvalue weighted by Gasteiger charge is 2.60. The molecule has 1 heterocycles. The molecule has 2 aromatic carbocycles. The summed E-state index contributed by atoms with van der Waals surface area (Å²) in [6.45, 7) is 17.0. The molecule has 2 saturated carbocycles. The van der Waals surface area contributed by atoms with Crippen LogP contribution in [0, 0.1) is 11.8 Å². The van der Waals surface area contributed by atoms with E-state index in [9.17, 15) is 19.2 Å². The summed E-state index contributed by atoms with van der Waals surface area (Å²) in [6, 6.07) is 16.7. The number of benzene rings is 2. The Morgan fingerprint density at radius 2 is 1.57 bits per heavy atom. The molecule has 4 atom stereocenters. The zero-order valence-corrected chi connectivity index (χ0v) is 34.4. The topological polar surface area (TPSA) is 166 Å². The fourth-order valence-corrected chi connectivity index (χ4v) is 6.07. The van der Waals surface area contributed by atoms with E-state index in [1.165, 1.54) is 57.6 Å². The Hall–Kier alpha value is -4.97. The van der Waals surface area contributed by atoms with Gasteiger partial charge < -0.3 is 35.5 Å². The van der Waals surface area contributed by atoms with Crippen LogP contribution in [-0.4, -0.2) is 79.7 Å². The Kier molecular flexibility index (Phi) is 19.0. The first kappa shape index (κ1) is 47.2. The number of ether oxygens (including phenoxy) is 3. The number of rotatable bonds is 14. The maximum absolute atomic E-state index is 13.7. The Morgan fingerprint density at radius 3 is 2.02 bits per heavy atom. The minimum Gasteiger partial charge on any atom is -0.471 e. The highest BCUT2D eigenvalue weighted by atomic mass is 16.6. The summed E-state index contributed by atoms with van der Waals surface area (Å²) >= 11 is 0. The van der Waals surface area contributed by atoms with Gasteiger partial charge in [0.1, 0.15) is 29.3 Å². The number of carbonyl (C=O) groups is 5. The fraction of sp³-hybridized carbons (Fsp3) is 0.523. The number of carbonyl (C=O) groups excluding carboxylic acids is 5. The van der Waals surface area contributed by atoms with Crippen molar-refractivity contribution >= 4 is 30.3 Å². The smallest absolute Gasteiger partial charge is 0.408 e. The monoisotopic (exact) mass is 783 g/mol. The molecule has 0 bridgehead atoms. The largest absolute Gasteiger partial charge is 0.471 e. The average molecular weight is 783 g/mol. The lowest BCUT2D eigenvalue weighted by atomic mass is 9.89. The molecule has 0 aromatic heterocycles. The van der Waals surface area contributed by atoms with Crippen LogP contribution in [0.1, 0.15) is 95.8 Å². The van der Waals surface area contributed by atoms with Crippen molar-refractivity contribution in [2.75, 3.05) is 27.3 Å². The Labute approximate surface area is 338 Å². The van der Waals surface area contributed by atoms with E-state index in [2.05, 4.69) is 42.4 Å². The van der Waals surface area contributed by atoms with Gasteiger partial charge in [-0.1, -0.05) is 106 Å². The quantitative estimate of drug-likeness (QED) is 0.100. The van der Waals surface area contributed by atoms with Crippen molar-refractivity contribution in [2.45, 2.75) is 109 Å². The molecule has 3 aliphatic rings. The van der Waals surface area contributed by atoms with Gasteiger partial charge in [0, 0.05) is 23.7 Å². The Bertz CT molecular complexity index is 1610. The third-order valence-electron chi connectivity index (χ3n) is 9.70. The first-order valence-electron chi connectivity index (χ1n) is 19.4. The van der Waals surface area contributed by atoms with Crippen molar-refractivity contribution in [2.24, 2.45) is 17.6 Å². The van der Waals surface area contributed by atoms with Crippen LogP contribution in [0.5, 0.6) is 0 Å². The Morgan fingerprint density at radius 1 is 0.982 bits per heavy atom. The summed E-state index contributed by atoms with van der Waals surface area (Å²) in [4.78, 5) is 61.9. The summed E-state index contributed by atoms with van der Waals surface area (Å²) in [6.07, 6.45) is 11.4. The van der Waals surface area contributed by atoms with E-state index in [4.69, 9.17) is 20.0 Å². The van der Waals surface area contributed by atoms with Crippen molar-refractivity contribution in [3.8, 4) is 11.1 Å². The number of allylic oxidation sites excluding steroid dienone is 1. The van der Waals surface area contributed by atoms with E-state index in [1.54, 1.807) is 26.8 Å². The fourth-order valence-electron chi connectivity index (χ4n) is 6.07. The number of nitrogens with zero attached hydrogens (tertiary/aromatic N) is 1. The molecule has 2 aromatic rings. The zero-order chi connectivity index (χ0) is 41.9. The molecule has 12 nitrogen and oxygen atoms in total. The van der Waals surface area contributed by atoms with Crippen LogP contribution in [0.25, 0.3) is 11.1 Å². The average Bonchev–Trinajstić information content (AvgIpc) is 4.09. The number of nitrogens with two attached hydrogens (primary N) is 1. The predicted octanol–water partition coefficient (Wildman–Crippen LogP) is 7.56. The number of unbranched alkanes of at least 4 members (excludes halogenated alkanes) is 3. The van der Waals surface area contributed by atoms with Crippen LogP contribution in [0.2, 0.25) is 0 Å². The SMILES string of the molecule is C=CCCCCC.C=C[C@@H]1C[C@]1(NC(=O)[C@@H]1C[C@@](OC)(c2ccc(-c3ccccc3)cc2)CN1C(=O)CNC(=O)OC(C)(C)C)C(N)=O.CC1CC1.COC=O.[HH].[HH].[HH]. The zero-order valence-electron chi connectivity index (χ0n) is 34.4. The van der Waals surface area contributed by atoms with Gasteiger partial charge in [0.25, 0.3) is 6.47 Å². The van der Waals surface area contributed by atoms with Gasteiger partial charge >= 0.3 is 6.09 Å². The lowest BCUT2D eigenvalue weighted by molar-refractivity contribution is -0.139. The highest BCUT2D eigenvalue weighted by molar-refractivity contribution is 5.97. The molecule has 4 N–H and O–H groups in total. The lowest BCUT2D eigenvalue weighted by Gasteiger charge is -2.28. The van der Waals surface area contributed by atoms with Gasteiger partial charge in [0.2, 0.25) is 17.7 Å². The second-order valence-corrected chi connectivity index (χ2v) is 15.4. The van der Waals surface area contributed by atoms with E-state index in [0.717, 1.165) is 22.6 Å². The number of hydrogen-bond acceptors (Lipinski definition) is 8. The molecule has 0 spiro atoms. The number of amides is 4. The molecule has 12 heteroatoms. The molecular weight excluding hydrogens is 713 g/mol. The van der Waals surface area contributed by atoms with Gasteiger partial charge in [0.05, 0.1) is 13.7 Å². The van der Waals surface area contributed by atoms with Gasteiger partial charge in [-0.25, -0.2) is 4.79 Å². The van der Waals surface area contributed by atoms with Crippen LogP contribution in [0.4, 0.5) is 4.79 Å². The minimum absolute atomic E-state index is 0. The van der Waals surface area contributed by atoms with Gasteiger partial charge in [-0.05, 0) is 62.6 Å². The molecule has 56 heavy (non-hydrogen) atoms. The standard InChI is InChI=1S/C31H38N4O6.C7H14.C4H8.C2H4O2.3H2/c1-6-22-16-31(22,27(32)38)34-26(37)24-17-30(40-5,19-35(24)25(36)18-33-28(39)41-29(2,3)4)23-14-12-21(13-15-23)20-10-8-7-9-11-20;1-3-5-7-6-4-2;1-4-2-3-4;1-4-2-3;;;/h6-15,22,24H,1,16-19H2,2-5H3,(H2,32,38)(H,33,39)(H,34,37);3H,1,4-7H2,2H3;4H,2-3H2,1H3;2H,1H3;3*1H/t22-,24+,30+,31-;;;;;;/m1....../s1. The van der Waals surface area contributed by atoms with Crippen molar-refractivity contribution in [3.63, 3.8) is 0 Å². The third-order valence-corrected chi connectivity index (χ3v) is 9.70. The molecule has 1 aliphatic heterocycles. The van der Waals surface area contributed by atoms with E-state index in [0.29, 0.717) is 12.9 Å². The number of primary amides is 1. The van der Waals surface area contributed by atoms with E-state index >= 15 is 0 Å². The maximum atomic E-state index is 13.7. The molecule has 5 rings (SSSR count). The van der Waals surface area contributed by atoms with Crippen molar-refractivity contribution in [1.82, 2.24) is 15.5 Å². The summed E-state index contributed by atoms with van der Waals surface area (Å²) in [5.74, 6) is -0.896. The summed E-state index contributed by atoms with van der Waals surface area (Å²) in [5, 5.41) is 5.26. The second-order valence-electron chi connectivity index (χ2n) is 15.4. The maximum Gasteiger partial charge on any atom is 0.408 e. The molecule has 1 saturated heterocycles. The molecular formula is C44H70N4O8. The van der Waals surface area contributed by atoms with Crippen LogP contribution in [0.15, 0.2) is 79.9 Å². The first-order chi connectivity index (χ1) is 26.6. The molecule has 2 aliphatic carbocycles. The number of alkyl carbamates (subject to hydrolysis) is 1. The number of methoxy groups -OCH3 is 2. The van der Waals surface area contributed by atoms with Gasteiger partial charge in [-0.3, -0.25) is 19.2 Å². The van der Waals surface area contributed by atoms with Crippen LogP contribution in [0.3, 0.4) is 0 Å². The summed E-state index contributed by atoms with van der Waals surface area (Å²) in [5.41, 5.74) is 5.49. The van der Waals surface area contributed by atoms with Crippen molar-refractivity contribution < 1.29 is 42.5 Å². The van der Waals surface area contributed by atoms with Crippen LogP contribution < -0.4 is 16.4 Å². The van der Waals surface area contributed by atoms with E-state index in [-0.39, 0.29) is 29.7 Å². The second kappa shape index (κ2) is 22.6. The van der Waals surface area contributed by atoms with Crippen molar-refractivity contribution in [1.29, 1.82) is 0 Å². The molecule has 3 fully saturated rings. The Balaban J connectivity index is 0. The predicted molar refractivity (Wildman–Crippen MR) is 225 cm³/mol. The van der Waals surface area contributed by atoms with Crippen molar-refractivity contribution in [3.05, 3.63) is 85.5 Å². The van der Waals surface area contributed by atoms with Gasteiger partial charge in [-0.15, -0.1) is 13.2 Å². The highest BCUT2D eigenvalue weighted by Crippen LogP contribution is 2.45. The van der Waals surface area contributed by atoms with Gasteiger partial charge in [-0.2, -0.15) is 0 Å². The molecule has 0 unspecified atom stereocenters. The third kappa shape index (κ3) is 14.6.